The third kappa shape index (κ3) is 3.98. The summed E-state index contributed by atoms with van der Waals surface area (Å²) in [4.78, 5) is 0. The minimum absolute atomic E-state index is 0.202. The largest absolute Gasteiger partial charge is 0.434 e. The molecule has 0 saturated carbocycles. The maximum atomic E-state index is 12.1. The van der Waals surface area contributed by atoms with Crippen LogP contribution >= 0.6 is 0 Å². The second-order valence-electron chi connectivity index (χ2n) is 3.44. The molecule has 0 saturated heterocycles. The number of rotatable bonds is 5. The van der Waals surface area contributed by atoms with Crippen molar-refractivity contribution in [3.63, 3.8) is 0 Å². The molecule has 0 aliphatic heterocycles. The Morgan fingerprint density at radius 2 is 2.12 bits per heavy atom. The fourth-order valence-corrected chi connectivity index (χ4v) is 1.40. The van der Waals surface area contributed by atoms with E-state index in [0.29, 0.717) is 12.1 Å². The summed E-state index contributed by atoms with van der Waals surface area (Å²) >= 11 is 0. The average molecular weight is 227 g/mol. The monoisotopic (exact) mass is 227 g/mol. The van der Waals surface area contributed by atoms with Crippen molar-refractivity contribution in [3.05, 3.63) is 35.4 Å². The van der Waals surface area contributed by atoms with Crippen LogP contribution in [-0.2, 0) is 0 Å². The van der Waals surface area contributed by atoms with Gasteiger partial charge in [-0.25, -0.2) is 0 Å². The van der Waals surface area contributed by atoms with Crippen molar-refractivity contribution in [2.45, 2.75) is 13.5 Å². The molecule has 1 aromatic rings. The van der Waals surface area contributed by atoms with E-state index in [-0.39, 0.29) is 5.75 Å². The van der Waals surface area contributed by atoms with Gasteiger partial charge in [0, 0.05) is 12.1 Å². The summed E-state index contributed by atoms with van der Waals surface area (Å²) in [5.41, 5.74) is 1.71. The van der Waals surface area contributed by atoms with E-state index in [0.717, 1.165) is 5.57 Å². The molecule has 0 unspecified atom stereocenters. The molecule has 0 aromatic heterocycles. The van der Waals surface area contributed by atoms with Crippen molar-refractivity contribution >= 4 is 6.08 Å². The van der Waals surface area contributed by atoms with Gasteiger partial charge in [0.05, 0.1) is 0 Å². The van der Waals surface area contributed by atoms with Crippen molar-refractivity contribution in [1.29, 1.82) is 0 Å². The number of nitrogens with one attached hydrogen (secondary N) is 1. The zero-order valence-electron chi connectivity index (χ0n) is 9.34. The van der Waals surface area contributed by atoms with Crippen molar-refractivity contribution in [1.82, 2.24) is 5.32 Å². The van der Waals surface area contributed by atoms with Gasteiger partial charge in [0.15, 0.2) is 0 Å². The van der Waals surface area contributed by atoms with E-state index >= 15 is 0 Å². The molecule has 4 heteroatoms. The Balaban J connectivity index is 2.90. The molecule has 0 heterocycles. The molecular formula is C12H15F2NO. The minimum atomic E-state index is -2.79. The zero-order chi connectivity index (χ0) is 12.0. The number of benzene rings is 1. The van der Waals surface area contributed by atoms with E-state index in [2.05, 4.69) is 10.1 Å². The van der Waals surface area contributed by atoms with E-state index in [4.69, 9.17) is 0 Å². The third-order valence-corrected chi connectivity index (χ3v) is 1.99. The first kappa shape index (κ1) is 12.6. The van der Waals surface area contributed by atoms with Crippen LogP contribution in [0.5, 0.6) is 5.75 Å². The van der Waals surface area contributed by atoms with Gasteiger partial charge >= 0.3 is 6.61 Å². The molecule has 1 rings (SSSR count). The standard InChI is InChI=1S/C12H15F2NO/c1-9(8-15-2)7-10-5-3-4-6-11(10)16-12(13)14/h3-7,12,15H,8H2,1-2H3. The lowest BCUT2D eigenvalue weighted by Gasteiger charge is -2.08. The molecule has 0 aliphatic rings. The Labute approximate surface area is 93.9 Å². The summed E-state index contributed by atoms with van der Waals surface area (Å²) in [6, 6.07) is 6.74. The number of likely N-dealkylation sites (N-methyl/N-ethyl adjacent to an activating group) is 1. The van der Waals surface area contributed by atoms with Gasteiger partial charge in [-0.15, -0.1) is 0 Å². The molecule has 0 atom stereocenters. The highest BCUT2D eigenvalue weighted by molar-refractivity contribution is 5.59. The first-order valence-electron chi connectivity index (χ1n) is 4.99. The quantitative estimate of drug-likeness (QED) is 0.835. The molecule has 0 radical (unpaired) electrons. The molecule has 0 fully saturated rings. The number of para-hydroxylation sites is 1. The molecule has 0 spiro atoms. The van der Waals surface area contributed by atoms with Gasteiger partial charge in [0.1, 0.15) is 5.75 Å². The van der Waals surface area contributed by atoms with Crippen LogP contribution in [-0.4, -0.2) is 20.2 Å². The molecule has 16 heavy (non-hydrogen) atoms. The number of hydrogen-bond acceptors (Lipinski definition) is 2. The molecule has 2 nitrogen and oxygen atoms in total. The normalized spacial score (nSPS) is 11.9. The third-order valence-electron chi connectivity index (χ3n) is 1.99. The topological polar surface area (TPSA) is 21.3 Å². The lowest BCUT2D eigenvalue weighted by Crippen LogP contribution is -2.08. The molecule has 0 bridgehead atoms. The highest BCUT2D eigenvalue weighted by Gasteiger charge is 2.07. The molecule has 1 aromatic carbocycles. The van der Waals surface area contributed by atoms with E-state index < -0.39 is 6.61 Å². The Kier molecular flexibility index (Phi) is 4.92. The van der Waals surface area contributed by atoms with E-state index in [1.54, 1.807) is 18.2 Å². The van der Waals surface area contributed by atoms with E-state index in [1.807, 2.05) is 20.0 Å². The van der Waals surface area contributed by atoms with Crippen molar-refractivity contribution in [3.8, 4) is 5.75 Å². The van der Waals surface area contributed by atoms with Crippen LogP contribution in [0.4, 0.5) is 8.78 Å². The highest BCUT2D eigenvalue weighted by atomic mass is 19.3. The summed E-state index contributed by atoms with van der Waals surface area (Å²) < 4.78 is 28.7. The maximum absolute atomic E-state index is 12.1. The second kappa shape index (κ2) is 6.23. The second-order valence-corrected chi connectivity index (χ2v) is 3.44. The lowest BCUT2D eigenvalue weighted by molar-refractivity contribution is -0.0499. The van der Waals surface area contributed by atoms with Crippen LogP contribution < -0.4 is 10.1 Å². The number of ether oxygens (including phenoxy) is 1. The van der Waals surface area contributed by atoms with E-state index in [1.165, 1.54) is 6.07 Å². The summed E-state index contributed by atoms with van der Waals surface area (Å²) in [6.07, 6.45) is 1.83. The van der Waals surface area contributed by atoms with Crippen LogP contribution in [0.15, 0.2) is 29.8 Å². The number of hydrogen-bond donors (Lipinski definition) is 1. The van der Waals surface area contributed by atoms with Crippen LogP contribution in [0, 0.1) is 0 Å². The Morgan fingerprint density at radius 3 is 2.75 bits per heavy atom. The zero-order valence-corrected chi connectivity index (χ0v) is 9.34. The average Bonchev–Trinajstić information content (AvgIpc) is 2.20. The molecule has 1 N–H and O–H groups in total. The summed E-state index contributed by atoms with van der Waals surface area (Å²) in [5.74, 6) is 0.202. The smallest absolute Gasteiger partial charge is 0.387 e. The van der Waals surface area contributed by atoms with Gasteiger partial charge in [0.2, 0.25) is 0 Å². The fourth-order valence-electron chi connectivity index (χ4n) is 1.40. The SMILES string of the molecule is CNCC(C)=Cc1ccccc1OC(F)F. The molecule has 0 aliphatic carbocycles. The number of alkyl halides is 2. The fraction of sp³-hybridized carbons (Fsp3) is 0.333. The van der Waals surface area contributed by atoms with Crippen molar-refractivity contribution in [2.24, 2.45) is 0 Å². The Bertz CT molecular complexity index is 364. The predicted octanol–water partition coefficient (Wildman–Crippen LogP) is 2.91. The Hall–Kier alpha value is -1.42. The van der Waals surface area contributed by atoms with Crippen molar-refractivity contribution < 1.29 is 13.5 Å². The summed E-state index contributed by atoms with van der Waals surface area (Å²) in [6.45, 7) is -0.155. The Morgan fingerprint density at radius 1 is 1.44 bits per heavy atom. The van der Waals surface area contributed by atoms with Crippen LogP contribution in [0.25, 0.3) is 6.08 Å². The van der Waals surface area contributed by atoms with Crippen LogP contribution in [0.3, 0.4) is 0 Å². The minimum Gasteiger partial charge on any atom is -0.434 e. The van der Waals surface area contributed by atoms with Gasteiger partial charge in [-0.05, 0) is 20.0 Å². The van der Waals surface area contributed by atoms with Gasteiger partial charge in [-0.1, -0.05) is 29.8 Å². The summed E-state index contributed by atoms with van der Waals surface area (Å²) in [5, 5.41) is 2.99. The van der Waals surface area contributed by atoms with Gasteiger partial charge < -0.3 is 10.1 Å². The maximum Gasteiger partial charge on any atom is 0.387 e. The van der Waals surface area contributed by atoms with E-state index in [9.17, 15) is 8.78 Å². The highest BCUT2D eigenvalue weighted by Crippen LogP contribution is 2.22. The summed E-state index contributed by atoms with van der Waals surface area (Å²) in [7, 11) is 1.83. The first-order chi connectivity index (χ1) is 7.63. The van der Waals surface area contributed by atoms with Gasteiger partial charge in [-0.3, -0.25) is 0 Å². The predicted molar refractivity (Wildman–Crippen MR) is 60.7 cm³/mol. The number of halogens is 2. The van der Waals surface area contributed by atoms with Crippen molar-refractivity contribution in [2.75, 3.05) is 13.6 Å². The molecule has 0 amide bonds. The van der Waals surface area contributed by atoms with Crippen LogP contribution in [0.2, 0.25) is 0 Å². The van der Waals surface area contributed by atoms with Gasteiger partial charge in [0.25, 0.3) is 0 Å². The molecule has 88 valence electrons. The first-order valence-corrected chi connectivity index (χ1v) is 4.99. The van der Waals surface area contributed by atoms with Gasteiger partial charge in [-0.2, -0.15) is 8.78 Å². The van der Waals surface area contributed by atoms with Crippen LogP contribution in [0.1, 0.15) is 12.5 Å². The molecular weight excluding hydrogens is 212 g/mol. The lowest BCUT2D eigenvalue weighted by atomic mass is 10.1.